The highest BCUT2D eigenvalue weighted by Crippen LogP contribution is 2.32. The van der Waals surface area contributed by atoms with Gasteiger partial charge in [-0.1, -0.05) is 31.2 Å². The number of hydrogen-bond donors (Lipinski definition) is 0. The van der Waals surface area contributed by atoms with E-state index >= 15 is 0 Å². The van der Waals surface area contributed by atoms with E-state index in [0.717, 1.165) is 22.6 Å². The third-order valence-electron chi connectivity index (χ3n) is 5.02. The lowest BCUT2D eigenvalue weighted by Crippen LogP contribution is -2.30. The first-order valence-corrected chi connectivity index (χ1v) is 10.7. The molecule has 6 nitrogen and oxygen atoms in total. The summed E-state index contributed by atoms with van der Waals surface area (Å²) in [4.78, 5) is 24.9. The zero-order chi connectivity index (χ0) is 23.9. The van der Waals surface area contributed by atoms with Gasteiger partial charge in [0.25, 0.3) is 0 Å². The summed E-state index contributed by atoms with van der Waals surface area (Å²) in [6.07, 6.45) is -0.496. The van der Waals surface area contributed by atoms with E-state index in [-0.39, 0.29) is 12.3 Å². The molecule has 0 heterocycles. The highest BCUT2D eigenvalue weighted by atomic mass is 16.6. The Morgan fingerprint density at radius 2 is 1.25 bits per heavy atom. The second kappa shape index (κ2) is 11.0. The van der Waals surface area contributed by atoms with Crippen LogP contribution in [0, 0.1) is 5.92 Å². The number of carbonyl (C=O) groups is 2. The van der Waals surface area contributed by atoms with E-state index in [1.165, 1.54) is 0 Å². The monoisotopic (exact) mass is 442 g/mol. The van der Waals surface area contributed by atoms with Crippen molar-refractivity contribution in [2.24, 2.45) is 5.92 Å². The van der Waals surface area contributed by atoms with Crippen LogP contribution in [0.1, 0.15) is 58.1 Å². The SMILES string of the molecule is COc1ccc(C(c2ccc(OC)cc2)[C@H](C)OC(=O)[C@H](C)CC(=O)OC(C)(C)C)cc1. The maximum Gasteiger partial charge on any atom is 0.309 e. The molecule has 0 aliphatic rings. The molecule has 32 heavy (non-hydrogen) atoms. The summed E-state index contributed by atoms with van der Waals surface area (Å²) in [5, 5.41) is 0. The summed E-state index contributed by atoms with van der Waals surface area (Å²) < 4.78 is 21.7. The van der Waals surface area contributed by atoms with E-state index in [9.17, 15) is 9.59 Å². The van der Waals surface area contributed by atoms with Gasteiger partial charge in [0.05, 0.1) is 26.6 Å². The number of methoxy groups -OCH3 is 2. The molecule has 0 spiro atoms. The van der Waals surface area contributed by atoms with Crippen LogP contribution in [0.15, 0.2) is 48.5 Å². The number of ether oxygens (including phenoxy) is 4. The molecule has 0 saturated carbocycles. The van der Waals surface area contributed by atoms with Crippen LogP contribution in [0.5, 0.6) is 11.5 Å². The van der Waals surface area contributed by atoms with Gasteiger partial charge < -0.3 is 18.9 Å². The quantitative estimate of drug-likeness (QED) is 0.501. The van der Waals surface area contributed by atoms with Gasteiger partial charge in [-0.2, -0.15) is 0 Å². The van der Waals surface area contributed by atoms with E-state index in [1.807, 2.05) is 55.5 Å². The Labute approximate surface area is 190 Å². The highest BCUT2D eigenvalue weighted by molar-refractivity contribution is 5.80. The zero-order valence-electron chi connectivity index (χ0n) is 20.0. The number of rotatable bonds is 9. The van der Waals surface area contributed by atoms with Gasteiger partial charge in [-0.15, -0.1) is 0 Å². The second-order valence-corrected chi connectivity index (χ2v) is 8.86. The summed E-state index contributed by atoms with van der Waals surface area (Å²) in [6, 6.07) is 15.4. The minimum atomic E-state index is -0.611. The second-order valence-electron chi connectivity index (χ2n) is 8.86. The largest absolute Gasteiger partial charge is 0.497 e. The lowest BCUT2D eigenvalue weighted by molar-refractivity contribution is -0.163. The van der Waals surface area contributed by atoms with Crippen LogP contribution < -0.4 is 9.47 Å². The number of benzene rings is 2. The Bertz CT molecular complexity index is 833. The maximum atomic E-state index is 12.8. The fraction of sp³-hybridized carbons (Fsp3) is 0.462. The van der Waals surface area contributed by atoms with Gasteiger partial charge >= 0.3 is 11.9 Å². The zero-order valence-corrected chi connectivity index (χ0v) is 20.0. The summed E-state index contributed by atoms with van der Waals surface area (Å²) in [6.45, 7) is 8.92. The molecule has 2 atom stereocenters. The van der Waals surface area contributed by atoms with E-state index in [1.54, 1.807) is 41.9 Å². The molecule has 0 bridgehead atoms. The van der Waals surface area contributed by atoms with Gasteiger partial charge in [0.2, 0.25) is 0 Å². The third kappa shape index (κ3) is 7.29. The van der Waals surface area contributed by atoms with Gasteiger partial charge in [-0.25, -0.2) is 0 Å². The van der Waals surface area contributed by atoms with Crippen molar-refractivity contribution in [2.75, 3.05) is 14.2 Å². The number of esters is 2. The van der Waals surface area contributed by atoms with E-state index in [4.69, 9.17) is 18.9 Å². The van der Waals surface area contributed by atoms with Gasteiger partial charge in [-0.05, 0) is 63.1 Å². The lowest BCUT2D eigenvalue weighted by Gasteiger charge is -2.27. The molecule has 0 amide bonds. The minimum absolute atomic E-state index is 0.0292. The summed E-state index contributed by atoms with van der Waals surface area (Å²) >= 11 is 0. The summed E-state index contributed by atoms with van der Waals surface area (Å²) in [5.74, 6) is -0.174. The molecule has 2 aromatic carbocycles. The minimum Gasteiger partial charge on any atom is -0.497 e. The molecule has 0 unspecified atom stereocenters. The van der Waals surface area contributed by atoms with Crippen LogP contribution in [0.3, 0.4) is 0 Å². The van der Waals surface area contributed by atoms with Crippen molar-refractivity contribution >= 4 is 11.9 Å². The molecule has 0 fully saturated rings. The number of hydrogen-bond acceptors (Lipinski definition) is 6. The fourth-order valence-corrected chi connectivity index (χ4v) is 3.44. The average Bonchev–Trinajstić information content (AvgIpc) is 2.73. The third-order valence-corrected chi connectivity index (χ3v) is 5.02. The predicted octanol–water partition coefficient (Wildman–Crippen LogP) is 5.14. The molecule has 0 aromatic heterocycles. The molecule has 2 aromatic rings. The van der Waals surface area contributed by atoms with Crippen molar-refractivity contribution in [3.8, 4) is 11.5 Å². The van der Waals surface area contributed by atoms with Crippen LogP contribution in [-0.4, -0.2) is 37.9 Å². The first-order chi connectivity index (χ1) is 15.0. The van der Waals surface area contributed by atoms with Gasteiger partial charge in [0, 0.05) is 5.92 Å². The molecule has 0 radical (unpaired) electrons. The van der Waals surface area contributed by atoms with Crippen molar-refractivity contribution in [2.45, 2.75) is 58.7 Å². The highest BCUT2D eigenvalue weighted by Gasteiger charge is 2.29. The van der Waals surface area contributed by atoms with E-state index in [0.29, 0.717) is 0 Å². The van der Waals surface area contributed by atoms with Gasteiger partial charge in [-0.3, -0.25) is 9.59 Å². The molecule has 2 rings (SSSR count). The van der Waals surface area contributed by atoms with Crippen molar-refractivity contribution in [1.82, 2.24) is 0 Å². The molecule has 0 aliphatic carbocycles. The van der Waals surface area contributed by atoms with E-state index in [2.05, 4.69) is 0 Å². The van der Waals surface area contributed by atoms with Crippen LogP contribution in [0.2, 0.25) is 0 Å². The van der Waals surface area contributed by atoms with Crippen LogP contribution in [-0.2, 0) is 19.1 Å². The Balaban J connectivity index is 2.20. The Morgan fingerprint density at radius 1 is 0.812 bits per heavy atom. The molecule has 6 heteroatoms. The molecule has 174 valence electrons. The van der Waals surface area contributed by atoms with Crippen molar-refractivity contribution in [1.29, 1.82) is 0 Å². The molecule has 0 N–H and O–H groups in total. The Kier molecular flexibility index (Phi) is 8.70. The first-order valence-electron chi connectivity index (χ1n) is 10.7. The van der Waals surface area contributed by atoms with Crippen molar-refractivity contribution in [3.05, 3.63) is 59.7 Å². The van der Waals surface area contributed by atoms with Crippen LogP contribution in [0.25, 0.3) is 0 Å². The topological polar surface area (TPSA) is 71.1 Å². The Hall–Kier alpha value is -3.02. The molecular formula is C26H34O6. The lowest BCUT2D eigenvalue weighted by atomic mass is 9.87. The normalized spacial score (nSPS) is 13.2. The Morgan fingerprint density at radius 3 is 1.62 bits per heavy atom. The predicted molar refractivity (Wildman–Crippen MR) is 123 cm³/mol. The average molecular weight is 443 g/mol. The van der Waals surface area contributed by atoms with Crippen molar-refractivity contribution < 1.29 is 28.5 Å². The summed E-state index contributed by atoms with van der Waals surface area (Å²) in [5.41, 5.74) is 1.37. The smallest absolute Gasteiger partial charge is 0.309 e. The molecule has 0 saturated heterocycles. The first kappa shape index (κ1) is 25.2. The fourth-order valence-electron chi connectivity index (χ4n) is 3.44. The van der Waals surface area contributed by atoms with Crippen LogP contribution >= 0.6 is 0 Å². The molecular weight excluding hydrogens is 408 g/mol. The maximum absolute atomic E-state index is 12.8. The molecule has 0 aliphatic heterocycles. The van der Waals surface area contributed by atoms with Gasteiger partial charge in [0.15, 0.2) is 0 Å². The standard InChI is InChI=1S/C26H34O6/c1-17(16-23(27)32-26(3,4)5)25(28)31-18(2)24(19-8-12-21(29-6)13-9-19)20-10-14-22(30-7)15-11-20/h8-15,17-18,24H,16H2,1-7H3/t17-,18+/m1/s1. The van der Waals surface area contributed by atoms with E-state index < -0.39 is 29.6 Å². The number of carbonyl (C=O) groups excluding carboxylic acids is 2. The van der Waals surface area contributed by atoms with Crippen molar-refractivity contribution in [3.63, 3.8) is 0 Å². The van der Waals surface area contributed by atoms with Gasteiger partial charge in [0.1, 0.15) is 23.2 Å². The van der Waals surface area contributed by atoms with Crippen LogP contribution in [0.4, 0.5) is 0 Å². The summed E-state index contributed by atoms with van der Waals surface area (Å²) in [7, 11) is 3.23.